The SMILES string of the molecule is COc1ccc(N(C)C)c2c1C(O)=C1C(=O)[C@]3(OC(C)=O)C(=O)C(C(=O)NC(C)=O)=C(OC(C)=O)[C@@H](N(C)C)[C@@H]3C[C@@H]1C2. The fourth-order valence-electron chi connectivity index (χ4n) is 6.63. The Kier molecular flexibility index (Phi) is 8.25. The lowest BCUT2D eigenvalue weighted by Crippen LogP contribution is -2.69. The van der Waals surface area contributed by atoms with Crippen LogP contribution in [0.2, 0.25) is 0 Å². The number of carbonyl (C=O) groups excluding carboxylic acids is 6. The first-order valence-electron chi connectivity index (χ1n) is 13.6. The zero-order chi connectivity index (χ0) is 32.1. The third-order valence-electron chi connectivity index (χ3n) is 8.04. The molecule has 4 rings (SSSR count). The van der Waals surface area contributed by atoms with E-state index in [-0.39, 0.29) is 29.7 Å². The third-order valence-corrected chi connectivity index (χ3v) is 8.04. The van der Waals surface area contributed by atoms with Gasteiger partial charge >= 0.3 is 11.9 Å². The molecule has 13 heteroatoms. The van der Waals surface area contributed by atoms with Crippen molar-refractivity contribution in [1.29, 1.82) is 0 Å². The number of hydrogen-bond acceptors (Lipinski definition) is 12. The van der Waals surface area contributed by atoms with Crippen molar-refractivity contribution in [3.05, 3.63) is 40.2 Å². The van der Waals surface area contributed by atoms with Gasteiger partial charge in [-0.1, -0.05) is 0 Å². The van der Waals surface area contributed by atoms with Crippen molar-refractivity contribution in [2.45, 2.75) is 45.3 Å². The van der Waals surface area contributed by atoms with Crippen molar-refractivity contribution in [3.63, 3.8) is 0 Å². The van der Waals surface area contributed by atoms with Crippen molar-refractivity contribution in [2.24, 2.45) is 11.8 Å². The average molecular weight is 598 g/mol. The number of benzene rings is 1. The number of imide groups is 1. The van der Waals surface area contributed by atoms with Gasteiger partial charge in [0.15, 0.2) is 0 Å². The molecule has 0 heterocycles. The summed E-state index contributed by atoms with van der Waals surface area (Å²) in [5.41, 5.74) is -1.81. The Hall–Kier alpha value is -4.52. The van der Waals surface area contributed by atoms with E-state index in [1.165, 1.54) is 7.11 Å². The van der Waals surface area contributed by atoms with Crippen LogP contribution in [-0.2, 0) is 44.7 Å². The molecule has 3 aliphatic carbocycles. The quantitative estimate of drug-likeness (QED) is 0.272. The van der Waals surface area contributed by atoms with Crippen molar-refractivity contribution >= 4 is 46.8 Å². The number of nitrogens with one attached hydrogen (secondary N) is 1. The standard InChI is InChI=1S/C30H35N3O10/c1-13(34)31-29(40)23-26(42-14(2)35)24(33(6)7)18-12-16-11-17-19(32(4)5)9-10-20(41-8)22(17)25(37)21(16)27(38)30(18,28(23)39)43-15(3)36/h9-10,16,18,24,37H,11-12H2,1-8H3,(H,31,34,40)/t16-,18-,24-,30-/m0/s1. The molecule has 43 heavy (non-hydrogen) atoms. The fourth-order valence-corrected chi connectivity index (χ4v) is 6.63. The molecule has 0 aliphatic heterocycles. The molecule has 4 atom stereocenters. The van der Waals surface area contributed by atoms with Gasteiger partial charge in [-0.3, -0.25) is 39.0 Å². The Morgan fingerprint density at radius 2 is 1.65 bits per heavy atom. The number of aliphatic hydroxyl groups is 1. The summed E-state index contributed by atoms with van der Waals surface area (Å²) in [4.78, 5) is 82.5. The number of methoxy groups -OCH3 is 1. The normalized spacial score (nSPS) is 24.5. The fraction of sp³-hybridized carbons (Fsp3) is 0.467. The summed E-state index contributed by atoms with van der Waals surface area (Å²) >= 11 is 0. The molecule has 1 aromatic rings. The Morgan fingerprint density at radius 1 is 1.00 bits per heavy atom. The number of anilines is 1. The number of fused-ring (bicyclic) bond motifs is 3. The number of hydrogen-bond donors (Lipinski definition) is 2. The van der Waals surface area contributed by atoms with Crippen LogP contribution in [0.3, 0.4) is 0 Å². The minimum Gasteiger partial charge on any atom is -0.507 e. The number of aliphatic hydroxyl groups excluding tert-OH is 1. The lowest BCUT2D eigenvalue weighted by Gasteiger charge is -2.52. The molecule has 1 fully saturated rings. The van der Waals surface area contributed by atoms with Crippen LogP contribution < -0.4 is 15.0 Å². The van der Waals surface area contributed by atoms with E-state index < -0.39 is 70.1 Å². The van der Waals surface area contributed by atoms with Crippen LogP contribution in [0.5, 0.6) is 5.75 Å². The van der Waals surface area contributed by atoms with Gasteiger partial charge in [-0.2, -0.15) is 0 Å². The number of likely N-dealkylation sites (N-methyl/N-ethyl adjacent to an activating group) is 1. The van der Waals surface area contributed by atoms with Crippen LogP contribution in [-0.4, -0.2) is 92.3 Å². The predicted molar refractivity (Wildman–Crippen MR) is 152 cm³/mol. The van der Waals surface area contributed by atoms with E-state index in [4.69, 9.17) is 14.2 Å². The Balaban J connectivity index is 2.08. The number of Topliss-reactive ketones (excluding diaryl/α,β-unsaturated/α-hetero) is 2. The van der Waals surface area contributed by atoms with Crippen LogP contribution in [0.15, 0.2) is 29.0 Å². The first-order valence-corrected chi connectivity index (χ1v) is 13.6. The number of carbonyl (C=O) groups is 6. The second-order valence-electron chi connectivity index (χ2n) is 11.3. The number of nitrogens with zero attached hydrogens (tertiary/aromatic N) is 2. The third kappa shape index (κ3) is 4.97. The van der Waals surface area contributed by atoms with Crippen LogP contribution >= 0.6 is 0 Å². The molecule has 2 N–H and O–H groups in total. The highest BCUT2D eigenvalue weighted by atomic mass is 16.6. The highest BCUT2D eigenvalue weighted by Gasteiger charge is 2.68. The zero-order valence-corrected chi connectivity index (χ0v) is 25.3. The van der Waals surface area contributed by atoms with Crippen molar-refractivity contribution < 1.29 is 48.1 Å². The molecular weight excluding hydrogens is 562 g/mol. The molecule has 1 aromatic carbocycles. The second-order valence-corrected chi connectivity index (χ2v) is 11.3. The maximum atomic E-state index is 14.7. The van der Waals surface area contributed by atoms with Crippen molar-refractivity contribution in [1.82, 2.24) is 10.2 Å². The maximum absolute atomic E-state index is 14.7. The molecule has 0 aromatic heterocycles. The molecule has 0 radical (unpaired) electrons. The smallest absolute Gasteiger partial charge is 0.307 e. The van der Waals surface area contributed by atoms with Crippen LogP contribution in [0.25, 0.3) is 5.76 Å². The number of amides is 2. The Labute approximate surface area is 248 Å². The number of esters is 2. The van der Waals surface area contributed by atoms with Gasteiger partial charge in [-0.15, -0.1) is 0 Å². The lowest BCUT2D eigenvalue weighted by molar-refractivity contribution is -0.184. The largest absolute Gasteiger partial charge is 0.507 e. The summed E-state index contributed by atoms with van der Waals surface area (Å²) in [6.07, 6.45) is 0.277. The minimum absolute atomic E-state index is 0.0168. The molecule has 2 amide bonds. The van der Waals surface area contributed by atoms with Gasteiger partial charge in [0.25, 0.3) is 5.91 Å². The molecule has 230 valence electrons. The molecule has 3 aliphatic rings. The van der Waals surface area contributed by atoms with Gasteiger partial charge in [-0.05, 0) is 50.6 Å². The molecule has 0 bridgehead atoms. The van der Waals surface area contributed by atoms with Crippen molar-refractivity contribution in [2.75, 3.05) is 40.2 Å². The topological polar surface area (TPSA) is 169 Å². The van der Waals surface area contributed by atoms with E-state index in [1.54, 1.807) is 25.1 Å². The first-order chi connectivity index (χ1) is 20.1. The molecule has 0 unspecified atom stereocenters. The Morgan fingerprint density at radius 3 is 2.16 bits per heavy atom. The maximum Gasteiger partial charge on any atom is 0.307 e. The molecule has 1 saturated carbocycles. The van der Waals surface area contributed by atoms with Gasteiger partial charge in [0.1, 0.15) is 22.8 Å². The van der Waals surface area contributed by atoms with E-state index in [9.17, 15) is 33.9 Å². The van der Waals surface area contributed by atoms with E-state index in [2.05, 4.69) is 0 Å². The minimum atomic E-state index is -2.61. The zero-order valence-electron chi connectivity index (χ0n) is 25.3. The van der Waals surface area contributed by atoms with Crippen molar-refractivity contribution in [3.8, 4) is 5.75 Å². The first kappa shape index (κ1) is 31.4. The van der Waals surface area contributed by atoms with Gasteiger partial charge in [-0.25, -0.2) is 0 Å². The summed E-state index contributed by atoms with van der Waals surface area (Å²) in [6, 6.07) is 2.37. The molecular formula is C30H35N3O10. The summed E-state index contributed by atoms with van der Waals surface area (Å²) < 4.78 is 16.6. The highest BCUT2D eigenvalue weighted by Crippen LogP contribution is 2.54. The summed E-state index contributed by atoms with van der Waals surface area (Å²) in [5.74, 6) is -8.46. The Bertz CT molecular complexity index is 1520. The second kappa shape index (κ2) is 11.3. The highest BCUT2D eigenvalue weighted by molar-refractivity contribution is 6.34. The van der Waals surface area contributed by atoms with E-state index >= 15 is 0 Å². The summed E-state index contributed by atoms with van der Waals surface area (Å²) in [5, 5.41) is 13.7. The summed E-state index contributed by atoms with van der Waals surface area (Å²) in [6.45, 7) is 3.14. The van der Waals surface area contributed by atoms with Gasteiger partial charge in [0.2, 0.25) is 23.1 Å². The van der Waals surface area contributed by atoms with Crippen LogP contribution in [0.1, 0.15) is 38.3 Å². The van der Waals surface area contributed by atoms with Gasteiger partial charge in [0, 0.05) is 52.0 Å². The van der Waals surface area contributed by atoms with Crippen LogP contribution in [0, 0.1) is 11.8 Å². The number of ketones is 2. The van der Waals surface area contributed by atoms with Crippen LogP contribution in [0.4, 0.5) is 5.69 Å². The lowest BCUT2D eigenvalue weighted by atomic mass is 9.56. The number of ether oxygens (including phenoxy) is 3. The van der Waals surface area contributed by atoms with E-state index in [0.717, 1.165) is 26.5 Å². The van der Waals surface area contributed by atoms with Gasteiger partial charge in [0.05, 0.1) is 18.7 Å². The molecule has 0 saturated heterocycles. The monoisotopic (exact) mass is 597 g/mol. The average Bonchev–Trinajstić information content (AvgIpc) is 2.88. The van der Waals surface area contributed by atoms with E-state index in [0.29, 0.717) is 11.3 Å². The molecule has 13 nitrogen and oxygen atoms in total. The van der Waals surface area contributed by atoms with Gasteiger partial charge < -0.3 is 24.2 Å². The molecule has 0 spiro atoms. The summed E-state index contributed by atoms with van der Waals surface area (Å²) in [7, 11) is 8.26. The predicted octanol–water partition coefficient (Wildman–Crippen LogP) is 1.09. The number of rotatable bonds is 6. The van der Waals surface area contributed by atoms with E-state index in [1.807, 2.05) is 30.4 Å².